The second kappa shape index (κ2) is 26.0. The number of carboxylic acid groups (broad SMARTS) is 1. The van der Waals surface area contributed by atoms with Crippen LogP contribution in [0.2, 0.25) is 0 Å². The van der Waals surface area contributed by atoms with E-state index in [9.17, 15) is 4.79 Å². The van der Waals surface area contributed by atoms with Gasteiger partial charge >= 0.3 is 5.97 Å². The number of nitrogens with one attached hydrogen (secondary N) is 2. The highest BCUT2D eigenvalue weighted by Crippen LogP contribution is 2.12. The summed E-state index contributed by atoms with van der Waals surface area (Å²) in [6.07, 6.45) is 28.4. The predicted molar refractivity (Wildman–Crippen MR) is 130 cm³/mol. The van der Waals surface area contributed by atoms with Gasteiger partial charge in [0.25, 0.3) is 0 Å². The Bertz CT molecular complexity index is 393. The first kappa shape index (κ1) is 28.9. The minimum absolute atomic E-state index is 0.312. The van der Waals surface area contributed by atoms with Gasteiger partial charge < -0.3 is 15.7 Å². The van der Waals surface area contributed by atoms with Crippen LogP contribution >= 0.6 is 0 Å². The maximum Gasteiger partial charge on any atom is 0.303 e. The maximum atomic E-state index is 10.4. The number of carbonyl (C=O) groups is 1. The molecule has 0 bridgehead atoms. The van der Waals surface area contributed by atoms with Crippen molar-refractivity contribution in [2.75, 3.05) is 26.2 Å². The van der Waals surface area contributed by atoms with Gasteiger partial charge in [0.1, 0.15) is 0 Å². The van der Waals surface area contributed by atoms with E-state index in [1.807, 2.05) is 0 Å². The molecule has 0 aromatic rings. The molecule has 0 radical (unpaired) electrons. The second-order valence-corrected chi connectivity index (χ2v) is 8.61. The van der Waals surface area contributed by atoms with Gasteiger partial charge in [-0.25, -0.2) is 0 Å². The molecule has 0 aliphatic rings. The lowest BCUT2D eigenvalue weighted by Crippen LogP contribution is -2.16. The molecule has 0 heterocycles. The van der Waals surface area contributed by atoms with Gasteiger partial charge in [-0.05, 0) is 58.3 Å². The number of unbranched alkanes of at least 4 members (excludes halogenated alkanes) is 15. The predicted octanol–water partition coefficient (Wildman–Crippen LogP) is 6.30. The first-order valence-electron chi connectivity index (χ1n) is 12.8. The van der Waals surface area contributed by atoms with E-state index >= 15 is 0 Å². The van der Waals surface area contributed by atoms with E-state index in [2.05, 4.69) is 16.6 Å². The molecule has 0 saturated heterocycles. The van der Waals surface area contributed by atoms with Crippen molar-refractivity contribution in [2.24, 2.45) is 0 Å². The van der Waals surface area contributed by atoms with Gasteiger partial charge in [-0.3, -0.25) is 4.79 Å². The highest BCUT2D eigenvalue weighted by atomic mass is 16.4. The van der Waals surface area contributed by atoms with Crippen LogP contribution in [0.25, 0.3) is 0 Å². The lowest BCUT2D eigenvalue weighted by molar-refractivity contribution is -0.137. The SMILES string of the molecule is C#CCCCNCCCCCCCCCCCCCCCNCCCCCC(=O)O. The largest absolute Gasteiger partial charge is 0.481 e. The molecular weight excluding hydrogens is 372 g/mol. The van der Waals surface area contributed by atoms with Crippen molar-refractivity contribution in [3.63, 3.8) is 0 Å². The van der Waals surface area contributed by atoms with Crippen LogP contribution in [0.4, 0.5) is 0 Å². The monoisotopic (exact) mass is 422 g/mol. The van der Waals surface area contributed by atoms with Gasteiger partial charge in [0.05, 0.1) is 0 Å². The van der Waals surface area contributed by atoms with E-state index in [1.54, 1.807) is 0 Å². The molecule has 0 aromatic heterocycles. The number of terminal acetylenes is 1. The molecule has 0 unspecified atom stereocenters. The molecule has 0 rings (SSSR count). The molecule has 0 atom stereocenters. The molecule has 4 nitrogen and oxygen atoms in total. The topological polar surface area (TPSA) is 61.4 Å². The summed E-state index contributed by atoms with van der Waals surface area (Å²) >= 11 is 0. The summed E-state index contributed by atoms with van der Waals surface area (Å²) in [5, 5.41) is 15.5. The van der Waals surface area contributed by atoms with E-state index in [4.69, 9.17) is 11.5 Å². The number of hydrogen-bond acceptors (Lipinski definition) is 3. The summed E-state index contributed by atoms with van der Waals surface area (Å²) in [4.78, 5) is 10.4. The molecule has 0 amide bonds. The van der Waals surface area contributed by atoms with Crippen molar-refractivity contribution in [3.05, 3.63) is 0 Å². The van der Waals surface area contributed by atoms with Crippen LogP contribution in [0.1, 0.15) is 122 Å². The van der Waals surface area contributed by atoms with Crippen LogP contribution in [0.5, 0.6) is 0 Å². The van der Waals surface area contributed by atoms with Gasteiger partial charge in [0.15, 0.2) is 0 Å². The van der Waals surface area contributed by atoms with E-state index in [0.717, 1.165) is 58.3 Å². The molecule has 0 aliphatic carbocycles. The lowest BCUT2D eigenvalue weighted by Gasteiger charge is -2.05. The Morgan fingerprint density at radius 3 is 1.27 bits per heavy atom. The van der Waals surface area contributed by atoms with Gasteiger partial charge in [-0.1, -0.05) is 77.0 Å². The highest BCUT2D eigenvalue weighted by Gasteiger charge is 1.97. The quantitative estimate of drug-likeness (QED) is 0.119. The molecule has 176 valence electrons. The van der Waals surface area contributed by atoms with Crippen LogP contribution in [-0.4, -0.2) is 37.3 Å². The van der Waals surface area contributed by atoms with Crippen molar-refractivity contribution < 1.29 is 9.90 Å². The summed E-state index contributed by atoms with van der Waals surface area (Å²) in [7, 11) is 0. The zero-order valence-electron chi connectivity index (χ0n) is 19.7. The third kappa shape index (κ3) is 27.0. The number of hydrogen-bond donors (Lipinski definition) is 3. The highest BCUT2D eigenvalue weighted by molar-refractivity contribution is 5.66. The molecule has 0 aliphatic heterocycles. The molecule has 0 saturated carbocycles. The molecule has 0 fully saturated rings. The Morgan fingerprint density at radius 1 is 0.567 bits per heavy atom. The van der Waals surface area contributed by atoms with Crippen LogP contribution in [0, 0.1) is 12.3 Å². The molecular formula is C26H50N2O2. The molecule has 30 heavy (non-hydrogen) atoms. The fourth-order valence-corrected chi connectivity index (χ4v) is 3.71. The molecule has 4 heteroatoms. The van der Waals surface area contributed by atoms with Crippen LogP contribution in [0.3, 0.4) is 0 Å². The van der Waals surface area contributed by atoms with Crippen LogP contribution in [-0.2, 0) is 4.79 Å². The summed E-state index contributed by atoms with van der Waals surface area (Å²) in [6, 6.07) is 0. The zero-order valence-corrected chi connectivity index (χ0v) is 19.7. The van der Waals surface area contributed by atoms with Gasteiger partial charge in [-0.15, -0.1) is 12.3 Å². The Hall–Kier alpha value is -1.05. The summed E-state index contributed by atoms with van der Waals surface area (Å²) in [5.74, 6) is 2.01. The Labute approximate surface area is 187 Å². The minimum Gasteiger partial charge on any atom is -0.481 e. The van der Waals surface area contributed by atoms with Crippen molar-refractivity contribution in [2.45, 2.75) is 122 Å². The number of aliphatic carboxylic acids is 1. The zero-order chi connectivity index (χ0) is 22.0. The number of carboxylic acids is 1. The normalized spacial score (nSPS) is 10.9. The average molecular weight is 423 g/mol. The Morgan fingerprint density at radius 2 is 0.900 bits per heavy atom. The van der Waals surface area contributed by atoms with Crippen molar-refractivity contribution in [1.82, 2.24) is 10.6 Å². The minimum atomic E-state index is -0.675. The van der Waals surface area contributed by atoms with E-state index in [1.165, 1.54) is 83.5 Å². The Kier molecular flexibility index (Phi) is 25.1. The van der Waals surface area contributed by atoms with Gasteiger partial charge in [0.2, 0.25) is 0 Å². The summed E-state index contributed by atoms with van der Waals surface area (Å²) in [5.41, 5.74) is 0. The Balaban J connectivity index is 3.00. The number of rotatable bonds is 25. The summed E-state index contributed by atoms with van der Waals surface area (Å²) in [6.45, 7) is 4.36. The molecule has 3 N–H and O–H groups in total. The van der Waals surface area contributed by atoms with Crippen LogP contribution in [0.15, 0.2) is 0 Å². The average Bonchev–Trinajstić information content (AvgIpc) is 2.73. The van der Waals surface area contributed by atoms with E-state index in [0.29, 0.717) is 6.42 Å². The third-order valence-corrected chi connectivity index (χ3v) is 5.63. The first-order valence-corrected chi connectivity index (χ1v) is 12.8. The van der Waals surface area contributed by atoms with E-state index in [-0.39, 0.29) is 0 Å². The third-order valence-electron chi connectivity index (χ3n) is 5.63. The summed E-state index contributed by atoms with van der Waals surface area (Å²) < 4.78 is 0. The second-order valence-electron chi connectivity index (χ2n) is 8.61. The van der Waals surface area contributed by atoms with Gasteiger partial charge in [0, 0.05) is 12.8 Å². The standard InChI is InChI=1S/C26H50N2O2/c1-2-3-17-22-27-23-18-13-11-9-7-5-4-6-8-10-12-14-19-24-28-25-20-15-16-21-26(29)30/h1,27-28H,3-25H2,(H,29,30). The van der Waals surface area contributed by atoms with Gasteiger partial charge in [-0.2, -0.15) is 0 Å². The van der Waals surface area contributed by atoms with E-state index < -0.39 is 5.97 Å². The molecule has 0 spiro atoms. The fourth-order valence-electron chi connectivity index (χ4n) is 3.71. The fraction of sp³-hybridized carbons (Fsp3) is 0.885. The van der Waals surface area contributed by atoms with Crippen molar-refractivity contribution in [1.29, 1.82) is 0 Å². The maximum absolute atomic E-state index is 10.4. The van der Waals surface area contributed by atoms with Crippen LogP contribution < -0.4 is 10.6 Å². The lowest BCUT2D eigenvalue weighted by atomic mass is 10.0. The molecule has 0 aromatic carbocycles. The van der Waals surface area contributed by atoms with Crippen molar-refractivity contribution in [3.8, 4) is 12.3 Å². The first-order chi connectivity index (χ1) is 14.8. The van der Waals surface area contributed by atoms with Crippen molar-refractivity contribution >= 4 is 5.97 Å². The smallest absolute Gasteiger partial charge is 0.303 e.